The molecule has 1 aromatic carbocycles. The van der Waals surface area contributed by atoms with Crippen LogP contribution in [0.25, 0.3) is 0 Å². The second-order valence-corrected chi connectivity index (χ2v) is 4.67. The normalized spacial score (nSPS) is 14.5. The Labute approximate surface area is 133 Å². The second-order valence-electron chi connectivity index (χ2n) is 4.67. The van der Waals surface area contributed by atoms with E-state index in [-0.39, 0.29) is 19.6 Å². The Morgan fingerprint density at radius 2 is 1.96 bits per heavy atom. The van der Waals surface area contributed by atoms with Crippen molar-refractivity contribution < 1.29 is 28.6 Å². The first-order chi connectivity index (χ1) is 11.0. The van der Waals surface area contributed by atoms with Gasteiger partial charge in [-0.2, -0.15) is 0 Å². The molecule has 1 aliphatic rings. The largest absolute Gasteiger partial charge is 0.493 e. The Balaban J connectivity index is 1.93. The molecule has 1 N–H and O–H groups in total. The number of urea groups is 1. The molecule has 2 rings (SSSR count). The number of nitrogens with zero attached hydrogens (tertiary/aromatic N) is 1. The molecule has 124 valence electrons. The topological polar surface area (TPSA) is 94.2 Å². The number of amides is 4. The summed E-state index contributed by atoms with van der Waals surface area (Å²) >= 11 is 0. The Morgan fingerprint density at radius 1 is 1.17 bits per heavy atom. The summed E-state index contributed by atoms with van der Waals surface area (Å²) in [6.45, 7) is 2.49. The van der Waals surface area contributed by atoms with E-state index in [4.69, 9.17) is 14.2 Å². The van der Waals surface area contributed by atoms with Gasteiger partial charge in [-0.1, -0.05) is 0 Å². The molecule has 8 nitrogen and oxygen atoms in total. The van der Waals surface area contributed by atoms with Gasteiger partial charge in [-0.15, -0.1) is 0 Å². The highest BCUT2D eigenvalue weighted by molar-refractivity contribution is 6.14. The standard InChI is InChI=1S/C15H18N2O6/c1-3-22-12-8-10(4-5-11(12)21-2)23-7-6-17-14(19)9-13(18)16-15(17)20/h4-5,8H,3,6-7,9H2,1-2H3,(H,16,18,20). The predicted molar refractivity (Wildman–Crippen MR) is 79.5 cm³/mol. The minimum atomic E-state index is -0.723. The first-order valence-corrected chi connectivity index (χ1v) is 7.13. The smallest absolute Gasteiger partial charge is 0.330 e. The van der Waals surface area contributed by atoms with Crippen molar-refractivity contribution in [2.45, 2.75) is 13.3 Å². The van der Waals surface area contributed by atoms with Gasteiger partial charge in [0.15, 0.2) is 11.5 Å². The number of rotatable bonds is 7. The SMILES string of the molecule is CCOc1cc(OCCN2C(=O)CC(=O)NC2=O)ccc1OC. The van der Waals surface area contributed by atoms with Crippen molar-refractivity contribution in [2.24, 2.45) is 0 Å². The Hall–Kier alpha value is -2.77. The zero-order valence-corrected chi connectivity index (χ0v) is 13.0. The van der Waals surface area contributed by atoms with E-state index in [0.29, 0.717) is 23.9 Å². The fourth-order valence-electron chi connectivity index (χ4n) is 2.07. The van der Waals surface area contributed by atoms with Gasteiger partial charge in [-0.25, -0.2) is 4.79 Å². The number of hydrogen-bond acceptors (Lipinski definition) is 6. The Kier molecular flexibility index (Phi) is 5.40. The van der Waals surface area contributed by atoms with Gasteiger partial charge in [0, 0.05) is 6.07 Å². The molecule has 1 fully saturated rings. The highest BCUT2D eigenvalue weighted by atomic mass is 16.5. The number of carbonyl (C=O) groups is 3. The zero-order chi connectivity index (χ0) is 16.8. The summed E-state index contributed by atoms with van der Waals surface area (Å²) in [5.74, 6) is 0.532. The van der Waals surface area contributed by atoms with Crippen LogP contribution in [-0.2, 0) is 9.59 Å². The summed E-state index contributed by atoms with van der Waals surface area (Å²) in [5.41, 5.74) is 0. The molecule has 0 aromatic heterocycles. The lowest BCUT2D eigenvalue weighted by atomic mass is 10.3. The maximum absolute atomic E-state index is 11.6. The highest BCUT2D eigenvalue weighted by Crippen LogP contribution is 2.31. The van der Waals surface area contributed by atoms with Crippen molar-refractivity contribution in [3.8, 4) is 17.2 Å². The van der Waals surface area contributed by atoms with Gasteiger partial charge in [0.2, 0.25) is 11.8 Å². The van der Waals surface area contributed by atoms with Crippen molar-refractivity contribution in [1.29, 1.82) is 0 Å². The van der Waals surface area contributed by atoms with Crippen molar-refractivity contribution >= 4 is 17.8 Å². The fraction of sp³-hybridized carbons (Fsp3) is 0.400. The third-order valence-corrected chi connectivity index (χ3v) is 3.12. The van der Waals surface area contributed by atoms with Gasteiger partial charge >= 0.3 is 6.03 Å². The maximum atomic E-state index is 11.6. The monoisotopic (exact) mass is 322 g/mol. The van der Waals surface area contributed by atoms with E-state index in [2.05, 4.69) is 5.32 Å². The number of barbiturate groups is 1. The lowest BCUT2D eigenvalue weighted by Crippen LogP contribution is -2.53. The van der Waals surface area contributed by atoms with Crippen LogP contribution in [0.1, 0.15) is 13.3 Å². The number of benzene rings is 1. The molecule has 0 unspecified atom stereocenters. The van der Waals surface area contributed by atoms with Crippen LogP contribution in [0.3, 0.4) is 0 Å². The Bertz CT molecular complexity index is 596. The van der Waals surface area contributed by atoms with Gasteiger partial charge in [0.1, 0.15) is 18.8 Å². The van der Waals surface area contributed by atoms with E-state index >= 15 is 0 Å². The van der Waals surface area contributed by atoms with Crippen LogP contribution >= 0.6 is 0 Å². The number of carbonyl (C=O) groups excluding carboxylic acids is 3. The average Bonchev–Trinajstić information content (AvgIpc) is 2.50. The van der Waals surface area contributed by atoms with Crippen molar-refractivity contribution in [2.75, 3.05) is 26.9 Å². The van der Waals surface area contributed by atoms with Crippen LogP contribution in [0.2, 0.25) is 0 Å². The number of ether oxygens (including phenoxy) is 3. The van der Waals surface area contributed by atoms with Gasteiger partial charge in [0.25, 0.3) is 0 Å². The van der Waals surface area contributed by atoms with Crippen molar-refractivity contribution in [1.82, 2.24) is 10.2 Å². The van der Waals surface area contributed by atoms with Crippen LogP contribution in [-0.4, -0.2) is 49.6 Å². The molecule has 1 heterocycles. The minimum Gasteiger partial charge on any atom is -0.493 e. The van der Waals surface area contributed by atoms with Crippen LogP contribution in [0, 0.1) is 0 Å². The van der Waals surface area contributed by atoms with E-state index in [9.17, 15) is 14.4 Å². The number of methoxy groups -OCH3 is 1. The van der Waals surface area contributed by atoms with E-state index in [1.54, 1.807) is 25.3 Å². The van der Waals surface area contributed by atoms with Crippen LogP contribution in [0.5, 0.6) is 17.2 Å². The predicted octanol–water partition coefficient (Wildman–Crippen LogP) is 0.941. The first-order valence-electron chi connectivity index (χ1n) is 7.13. The summed E-state index contributed by atoms with van der Waals surface area (Å²) in [5, 5.41) is 2.08. The lowest BCUT2D eigenvalue weighted by molar-refractivity contribution is -0.136. The highest BCUT2D eigenvalue weighted by Gasteiger charge is 2.30. The number of nitrogens with one attached hydrogen (secondary N) is 1. The third-order valence-electron chi connectivity index (χ3n) is 3.12. The van der Waals surface area contributed by atoms with E-state index in [1.165, 1.54) is 0 Å². The molecule has 0 radical (unpaired) electrons. The van der Waals surface area contributed by atoms with Gasteiger partial charge in [0.05, 0.1) is 20.3 Å². The van der Waals surface area contributed by atoms with Crippen LogP contribution in [0.15, 0.2) is 18.2 Å². The second kappa shape index (κ2) is 7.48. The minimum absolute atomic E-state index is 0.0495. The number of hydrogen-bond donors (Lipinski definition) is 1. The van der Waals surface area contributed by atoms with E-state index in [0.717, 1.165) is 4.90 Å². The summed E-state index contributed by atoms with van der Waals surface area (Å²) in [4.78, 5) is 35.2. The van der Waals surface area contributed by atoms with Crippen molar-refractivity contribution in [3.63, 3.8) is 0 Å². The summed E-state index contributed by atoms with van der Waals surface area (Å²) in [6.07, 6.45) is -0.331. The molecule has 1 saturated heterocycles. The molecule has 1 aromatic rings. The molecule has 1 aliphatic heterocycles. The molecule has 0 saturated carbocycles. The third kappa shape index (κ3) is 4.12. The maximum Gasteiger partial charge on any atom is 0.330 e. The molecular weight excluding hydrogens is 304 g/mol. The zero-order valence-electron chi connectivity index (χ0n) is 13.0. The fourth-order valence-corrected chi connectivity index (χ4v) is 2.07. The summed E-state index contributed by atoms with van der Waals surface area (Å²) in [6, 6.07) is 4.35. The Morgan fingerprint density at radius 3 is 2.61 bits per heavy atom. The van der Waals surface area contributed by atoms with Gasteiger partial charge in [-0.05, 0) is 19.1 Å². The molecule has 4 amide bonds. The molecule has 0 spiro atoms. The molecule has 8 heteroatoms. The molecular formula is C15H18N2O6. The average molecular weight is 322 g/mol. The van der Waals surface area contributed by atoms with Crippen LogP contribution in [0.4, 0.5) is 4.79 Å². The van der Waals surface area contributed by atoms with E-state index < -0.39 is 17.8 Å². The molecule has 0 atom stereocenters. The summed E-state index contributed by atoms with van der Waals surface area (Å²) < 4.78 is 16.1. The molecule has 0 bridgehead atoms. The quantitative estimate of drug-likeness (QED) is 0.751. The van der Waals surface area contributed by atoms with Crippen molar-refractivity contribution in [3.05, 3.63) is 18.2 Å². The first kappa shape index (κ1) is 16.6. The molecule has 0 aliphatic carbocycles. The van der Waals surface area contributed by atoms with Crippen LogP contribution < -0.4 is 19.5 Å². The lowest BCUT2D eigenvalue weighted by Gasteiger charge is -2.24. The molecule has 23 heavy (non-hydrogen) atoms. The van der Waals surface area contributed by atoms with E-state index in [1.807, 2.05) is 6.92 Å². The number of imide groups is 2. The van der Waals surface area contributed by atoms with Gasteiger partial charge < -0.3 is 14.2 Å². The summed E-state index contributed by atoms with van der Waals surface area (Å²) in [7, 11) is 1.54. The van der Waals surface area contributed by atoms with Gasteiger partial charge in [-0.3, -0.25) is 19.8 Å².